The van der Waals surface area contributed by atoms with Gasteiger partial charge in [0, 0.05) is 23.5 Å². The monoisotopic (exact) mass is 257 g/mol. The van der Waals surface area contributed by atoms with Gasteiger partial charge in [-0.1, -0.05) is 6.07 Å². The number of rotatable bonds is 5. The molecule has 5 nitrogen and oxygen atoms in total. The number of hydrogen-bond acceptors (Lipinski definition) is 4. The standard InChI is InChI=1S/C14H15N3O2/c1-18-13-7-11(14(15)16)4-5-12(13)19-9-10-3-2-6-17-8-10/h2-8H,9H2,1H3,(H3,15,16). The second kappa shape index (κ2) is 5.86. The Hall–Kier alpha value is -2.56. The summed E-state index contributed by atoms with van der Waals surface area (Å²) in [6, 6.07) is 8.94. The smallest absolute Gasteiger partial charge is 0.161 e. The Morgan fingerprint density at radius 3 is 2.79 bits per heavy atom. The van der Waals surface area contributed by atoms with Crippen LogP contribution in [-0.2, 0) is 6.61 Å². The first-order valence-corrected chi connectivity index (χ1v) is 5.75. The Labute approximate surface area is 111 Å². The van der Waals surface area contributed by atoms with Gasteiger partial charge in [-0.3, -0.25) is 10.4 Å². The molecular weight excluding hydrogens is 242 g/mol. The Balaban J connectivity index is 2.14. The SMILES string of the molecule is COc1cc(C(=N)N)ccc1OCc1cccnc1. The first kappa shape index (κ1) is 12.9. The fraction of sp³-hybridized carbons (Fsp3) is 0.143. The van der Waals surface area contributed by atoms with Gasteiger partial charge in [-0.15, -0.1) is 0 Å². The van der Waals surface area contributed by atoms with Gasteiger partial charge in [0.15, 0.2) is 11.5 Å². The molecule has 19 heavy (non-hydrogen) atoms. The van der Waals surface area contributed by atoms with Crippen LogP contribution in [0.25, 0.3) is 0 Å². The fourth-order valence-electron chi connectivity index (χ4n) is 1.60. The van der Waals surface area contributed by atoms with Crippen molar-refractivity contribution >= 4 is 5.84 Å². The molecule has 3 N–H and O–H groups in total. The minimum Gasteiger partial charge on any atom is -0.493 e. The van der Waals surface area contributed by atoms with Crippen LogP contribution in [0.3, 0.4) is 0 Å². The predicted molar refractivity (Wildman–Crippen MR) is 72.6 cm³/mol. The van der Waals surface area contributed by atoms with E-state index in [-0.39, 0.29) is 5.84 Å². The molecule has 0 saturated carbocycles. The molecule has 0 bridgehead atoms. The van der Waals surface area contributed by atoms with Crippen LogP contribution >= 0.6 is 0 Å². The van der Waals surface area contributed by atoms with Gasteiger partial charge in [-0.2, -0.15) is 0 Å². The molecule has 0 aliphatic rings. The first-order chi connectivity index (χ1) is 9.20. The van der Waals surface area contributed by atoms with Crippen LogP contribution in [0, 0.1) is 5.41 Å². The number of nitrogens with zero attached hydrogens (tertiary/aromatic N) is 1. The molecule has 2 aromatic rings. The molecule has 0 atom stereocenters. The third kappa shape index (κ3) is 3.22. The lowest BCUT2D eigenvalue weighted by molar-refractivity contribution is 0.284. The van der Waals surface area contributed by atoms with Gasteiger partial charge in [0.1, 0.15) is 12.4 Å². The number of nitrogen functional groups attached to an aromatic ring is 1. The molecule has 0 aliphatic heterocycles. The van der Waals surface area contributed by atoms with Gasteiger partial charge >= 0.3 is 0 Å². The molecule has 0 spiro atoms. The highest BCUT2D eigenvalue weighted by molar-refractivity contribution is 5.95. The van der Waals surface area contributed by atoms with Gasteiger partial charge in [-0.05, 0) is 24.3 Å². The highest BCUT2D eigenvalue weighted by Gasteiger charge is 2.07. The molecule has 0 unspecified atom stereocenters. The number of nitrogens with one attached hydrogen (secondary N) is 1. The summed E-state index contributed by atoms with van der Waals surface area (Å²) in [5, 5.41) is 7.39. The van der Waals surface area contributed by atoms with E-state index >= 15 is 0 Å². The minimum absolute atomic E-state index is 0.00268. The van der Waals surface area contributed by atoms with E-state index in [4.69, 9.17) is 20.6 Å². The zero-order valence-electron chi connectivity index (χ0n) is 10.6. The van der Waals surface area contributed by atoms with Crippen LogP contribution < -0.4 is 15.2 Å². The third-order valence-electron chi connectivity index (χ3n) is 2.59. The van der Waals surface area contributed by atoms with E-state index in [1.165, 1.54) is 0 Å². The predicted octanol–water partition coefficient (Wildman–Crippen LogP) is 1.95. The van der Waals surface area contributed by atoms with E-state index in [9.17, 15) is 0 Å². The summed E-state index contributed by atoms with van der Waals surface area (Å²) in [6.07, 6.45) is 3.46. The maximum absolute atomic E-state index is 7.39. The second-order valence-corrected chi connectivity index (χ2v) is 3.93. The number of amidine groups is 1. The summed E-state index contributed by atoms with van der Waals surface area (Å²) in [5.74, 6) is 1.16. The topological polar surface area (TPSA) is 81.2 Å². The quantitative estimate of drug-likeness (QED) is 0.633. The maximum atomic E-state index is 7.39. The third-order valence-corrected chi connectivity index (χ3v) is 2.59. The molecule has 0 radical (unpaired) electrons. The van der Waals surface area contributed by atoms with Crippen LogP contribution in [0.1, 0.15) is 11.1 Å². The summed E-state index contributed by atoms with van der Waals surface area (Å²) in [7, 11) is 1.55. The maximum Gasteiger partial charge on any atom is 0.161 e. The van der Waals surface area contributed by atoms with E-state index in [2.05, 4.69) is 4.98 Å². The molecule has 5 heteroatoms. The Morgan fingerprint density at radius 2 is 2.16 bits per heavy atom. The Bertz CT molecular complexity index is 570. The van der Waals surface area contributed by atoms with Crippen molar-refractivity contribution in [3.63, 3.8) is 0 Å². The van der Waals surface area contributed by atoms with Crippen LogP contribution in [0.15, 0.2) is 42.7 Å². The van der Waals surface area contributed by atoms with Crippen molar-refractivity contribution in [2.24, 2.45) is 5.73 Å². The van der Waals surface area contributed by atoms with E-state index in [0.717, 1.165) is 5.56 Å². The molecule has 0 saturated heterocycles. The number of methoxy groups -OCH3 is 1. The number of pyridine rings is 1. The van der Waals surface area contributed by atoms with Crippen molar-refractivity contribution in [1.29, 1.82) is 5.41 Å². The molecule has 98 valence electrons. The average molecular weight is 257 g/mol. The minimum atomic E-state index is -0.00268. The average Bonchev–Trinajstić information content (AvgIpc) is 2.45. The Kier molecular flexibility index (Phi) is 3.97. The van der Waals surface area contributed by atoms with Crippen molar-refractivity contribution in [1.82, 2.24) is 4.98 Å². The van der Waals surface area contributed by atoms with Gasteiger partial charge < -0.3 is 15.2 Å². The highest BCUT2D eigenvalue weighted by atomic mass is 16.5. The molecule has 0 fully saturated rings. The number of benzene rings is 1. The van der Waals surface area contributed by atoms with E-state index in [1.807, 2.05) is 12.1 Å². The zero-order valence-corrected chi connectivity index (χ0v) is 10.6. The number of aromatic nitrogens is 1. The molecular formula is C14H15N3O2. The van der Waals surface area contributed by atoms with Crippen LogP contribution in [0.5, 0.6) is 11.5 Å². The number of nitrogens with two attached hydrogens (primary N) is 1. The molecule has 0 aliphatic carbocycles. The van der Waals surface area contributed by atoms with Gasteiger partial charge in [0.25, 0.3) is 0 Å². The van der Waals surface area contributed by atoms with Crippen molar-refractivity contribution in [3.05, 3.63) is 53.9 Å². The van der Waals surface area contributed by atoms with Crippen molar-refractivity contribution in [2.45, 2.75) is 6.61 Å². The molecule has 1 aromatic carbocycles. The van der Waals surface area contributed by atoms with Gasteiger partial charge in [-0.25, -0.2) is 0 Å². The van der Waals surface area contributed by atoms with E-state index < -0.39 is 0 Å². The van der Waals surface area contributed by atoms with Crippen molar-refractivity contribution in [3.8, 4) is 11.5 Å². The largest absolute Gasteiger partial charge is 0.493 e. The van der Waals surface area contributed by atoms with Crippen molar-refractivity contribution in [2.75, 3.05) is 7.11 Å². The van der Waals surface area contributed by atoms with E-state index in [0.29, 0.717) is 23.7 Å². The summed E-state index contributed by atoms with van der Waals surface area (Å²) >= 11 is 0. The lowest BCUT2D eigenvalue weighted by Gasteiger charge is -2.11. The summed E-state index contributed by atoms with van der Waals surface area (Å²) < 4.78 is 10.9. The molecule has 2 rings (SSSR count). The number of hydrogen-bond donors (Lipinski definition) is 2. The lowest BCUT2D eigenvalue weighted by Crippen LogP contribution is -2.11. The normalized spacial score (nSPS) is 9.95. The van der Waals surface area contributed by atoms with Crippen molar-refractivity contribution < 1.29 is 9.47 Å². The zero-order chi connectivity index (χ0) is 13.7. The summed E-state index contributed by atoms with van der Waals surface area (Å²) in [4.78, 5) is 4.02. The Morgan fingerprint density at radius 1 is 1.32 bits per heavy atom. The van der Waals surface area contributed by atoms with E-state index in [1.54, 1.807) is 37.7 Å². The fourth-order valence-corrected chi connectivity index (χ4v) is 1.60. The number of ether oxygens (including phenoxy) is 2. The second-order valence-electron chi connectivity index (χ2n) is 3.93. The van der Waals surface area contributed by atoms with Gasteiger partial charge in [0.05, 0.1) is 7.11 Å². The summed E-state index contributed by atoms with van der Waals surface area (Å²) in [6.45, 7) is 0.406. The van der Waals surface area contributed by atoms with Gasteiger partial charge in [0.2, 0.25) is 0 Å². The van der Waals surface area contributed by atoms with Crippen LogP contribution in [0.4, 0.5) is 0 Å². The molecule has 0 amide bonds. The lowest BCUT2D eigenvalue weighted by atomic mass is 10.2. The van der Waals surface area contributed by atoms with Crippen LogP contribution in [-0.4, -0.2) is 17.9 Å². The molecule has 1 heterocycles. The van der Waals surface area contributed by atoms with Crippen LogP contribution in [0.2, 0.25) is 0 Å². The summed E-state index contributed by atoms with van der Waals surface area (Å²) in [5.41, 5.74) is 7.01. The highest BCUT2D eigenvalue weighted by Crippen LogP contribution is 2.28. The molecule has 1 aromatic heterocycles. The first-order valence-electron chi connectivity index (χ1n) is 5.75.